The van der Waals surface area contributed by atoms with Crippen LogP contribution in [0.1, 0.15) is 31.8 Å². The van der Waals surface area contributed by atoms with Crippen LogP contribution in [0.5, 0.6) is 0 Å². The van der Waals surface area contributed by atoms with Crippen molar-refractivity contribution in [3.63, 3.8) is 0 Å². The molecule has 0 heterocycles. The first kappa shape index (κ1) is 17.5. The summed E-state index contributed by atoms with van der Waals surface area (Å²) in [6, 6.07) is 10.6. The molecule has 0 radical (unpaired) electrons. The molecule has 0 unspecified atom stereocenters. The van der Waals surface area contributed by atoms with Gasteiger partial charge in [0.2, 0.25) is 10.0 Å². The van der Waals surface area contributed by atoms with Gasteiger partial charge in [-0.1, -0.05) is 24.3 Å². The lowest BCUT2D eigenvalue weighted by atomic mass is 9.84. The van der Waals surface area contributed by atoms with Gasteiger partial charge < -0.3 is 4.74 Å². The van der Waals surface area contributed by atoms with Gasteiger partial charge in [0, 0.05) is 43.0 Å². The van der Waals surface area contributed by atoms with Crippen LogP contribution in [-0.2, 0) is 14.8 Å². The number of likely N-dealkylation sites (N-methyl/N-ethyl adjacent to an activating group) is 1. The van der Waals surface area contributed by atoms with Crippen molar-refractivity contribution < 1.29 is 22.7 Å². The molecule has 0 bridgehead atoms. The van der Waals surface area contributed by atoms with E-state index in [1.54, 1.807) is 24.3 Å². The number of carbonyl (C=O) groups is 2. The standard InChI is InChI=1S/C18H17NO5S/c1-19(9-10-24-2)25(22,23)12-7-8-15-16(11-12)18(21)14-6-4-3-5-13(14)17(15)20/h3-8,11H,9-10H2,1-2H3. The van der Waals surface area contributed by atoms with Gasteiger partial charge in [-0.25, -0.2) is 8.42 Å². The van der Waals surface area contributed by atoms with E-state index in [9.17, 15) is 18.0 Å². The third-order valence-corrected chi connectivity index (χ3v) is 6.07. The van der Waals surface area contributed by atoms with Gasteiger partial charge in [0.15, 0.2) is 11.6 Å². The number of rotatable bonds is 5. The molecule has 3 rings (SSSR count). The van der Waals surface area contributed by atoms with Crippen LogP contribution in [0, 0.1) is 0 Å². The molecule has 0 saturated carbocycles. The third-order valence-electron chi connectivity index (χ3n) is 4.22. The predicted molar refractivity (Wildman–Crippen MR) is 91.4 cm³/mol. The number of ketones is 2. The van der Waals surface area contributed by atoms with Gasteiger partial charge >= 0.3 is 0 Å². The summed E-state index contributed by atoms with van der Waals surface area (Å²) in [5, 5.41) is 0. The minimum atomic E-state index is -3.77. The monoisotopic (exact) mass is 359 g/mol. The zero-order chi connectivity index (χ0) is 18.2. The van der Waals surface area contributed by atoms with Crippen molar-refractivity contribution in [2.75, 3.05) is 27.3 Å². The molecular weight excluding hydrogens is 342 g/mol. The third kappa shape index (κ3) is 2.90. The zero-order valence-corrected chi connectivity index (χ0v) is 14.7. The van der Waals surface area contributed by atoms with Crippen molar-refractivity contribution in [1.82, 2.24) is 4.31 Å². The molecular formula is C18H17NO5S. The van der Waals surface area contributed by atoms with Crippen molar-refractivity contribution in [2.45, 2.75) is 4.90 Å². The van der Waals surface area contributed by atoms with E-state index in [0.717, 1.165) is 4.31 Å². The van der Waals surface area contributed by atoms with E-state index >= 15 is 0 Å². The van der Waals surface area contributed by atoms with Gasteiger partial charge in [-0.15, -0.1) is 0 Å². The van der Waals surface area contributed by atoms with Crippen LogP contribution in [-0.4, -0.2) is 51.6 Å². The van der Waals surface area contributed by atoms with E-state index in [0.29, 0.717) is 11.1 Å². The highest BCUT2D eigenvalue weighted by Crippen LogP contribution is 2.29. The average Bonchev–Trinajstić information content (AvgIpc) is 2.63. The number of fused-ring (bicyclic) bond motifs is 2. The summed E-state index contributed by atoms with van der Waals surface area (Å²) in [4.78, 5) is 25.2. The first-order valence-electron chi connectivity index (χ1n) is 7.65. The quantitative estimate of drug-likeness (QED) is 0.693. The maximum absolute atomic E-state index is 12.7. The fraction of sp³-hybridized carbons (Fsp3) is 0.222. The van der Waals surface area contributed by atoms with E-state index in [1.807, 2.05) is 0 Å². The maximum Gasteiger partial charge on any atom is 0.242 e. The molecule has 1 aliphatic carbocycles. The number of benzene rings is 2. The Labute approximate surface area is 146 Å². The van der Waals surface area contributed by atoms with Crippen LogP contribution in [0.3, 0.4) is 0 Å². The number of carbonyl (C=O) groups excluding carboxylic acids is 2. The lowest BCUT2D eigenvalue weighted by molar-refractivity contribution is 0.0979. The topological polar surface area (TPSA) is 80.8 Å². The average molecular weight is 359 g/mol. The number of methoxy groups -OCH3 is 1. The molecule has 7 heteroatoms. The van der Waals surface area contributed by atoms with Crippen LogP contribution in [0.2, 0.25) is 0 Å². The molecule has 2 aromatic rings. The molecule has 0 fully saturated rings. The maximum atomic E-state index is 12.7. The molecule has 0 saturated heterocycles. The molecule has 6 nitrogen and oxygen atoms in total. The van der Waals surface area contributed by atoms with Gasteiger partial charge in [-0.3, -0.25) is 9.59 Å². The van der Waals surface area contributed by atoms with Gasteiger partial charge in [-0.2, -0.15) is 4.31 Å². The number of nitrogens with zero attached hydrogens (tertiary/aromatic N) is 1. The first-order chi connectivity index (χ1) is 11.9. The van der Waals surface area contributed by atoms with Crippen LogP contribution in [0.25, 0.3) is 0 Å². The highest BCUT2D eigenvalue weighted by Gasteiger charge is 2.31. The van der Waals surface area contributed by atoms with Crippen molar-refractivity contribution in [1.29, 1.82) is 0 Å². The van der Waals surface area contributed by atoms with E-state index in [2.05, 4.69) is 0 Å². The predicted octanol–water partition coefficient (Wildman–Crippen LogP) is 1.73. The Kier molecular flexibility index (Phi) is 4.55. The molecule has 0 atom stereocenters. The van der Waals surface area contributed by atoms with Crippen LogP contribution < -0.4 is 0 Å². The highest BCUT2D eigenvalue weighted by atomic mass is 32.2. The van der Waals surface area contributed by atoms with Crippen LogP contribution >= 0.6 is 0 Å². The molecule has 0 aliphatic heterocycles. The Bertz CT molecular complexity index is 965. The van der Waals surface area contributed by atoms with Crippen molar-refractivity contribution in [2.24, 2.45) is 0 Å². The van der Waals surface area contributed by atoms with E-state index in [1.165, 1.54) is 32.4 Å². The molecule has 0 N–H and O–H groups in total. The summed E-state index contributed by atoms with van der Waals surface area (Å²) in [5.41, 5.74) is 0.974. The van der Waals surface area contributed by atoms with Crippen LogP contribution in [0.15, 0.2) is 47.4 Å². The molecule has 25 heavy (non-hydrogen) atoms. The molecule has 2 aromatic carbocycles. The first-order valence-corrected chi connectivity index (χ1v) is 9.09. The lowest BCUT2D eigenvalue weighted by Gasteiger charge is -2.20. The Hall–Kier alpha value is -2.35. The summed E-state index contributed by atoms with van der Waals surface area (Å²) in [5.74, 6) is -0.622. The minimum Gasteiger partial charge on any atom is -0.383 e. The largest absolute Gasteiger partial charge is 0.383 e. The number of sulfonamides is 1. The Morgan fingerprint density at radius 3 is 2.08 bits per heavy atom. The van der Waals surface area contributed by atoms with E-state index in [-0.39, 0.29) is 40.7 Å². The second-order valence-electron chi connectivity index (χ2n) is 5.73. The molecule has 0 amide bonds. The molecule has 0 spiro atoms. The smallest absolute Gasteiger partial charge is 0.242 e. The fourth-order valence-electron chi connectivity index (χ4n) is 2.76. The van der Waals surface area contributed by atoms with Crippen LogP contribution in [0.4, 0.5) is 0 Å². The summed E-state index contributed by atoms with van der Waals surface area (Å²) < 4.78 is 31.3. The van der Waals surface area contributed by atoms with Crippen molar-refractivity contribution >= 4 is 21.6 Å². The summed E-state index contributed by atoms with van der Waals surface area (Å²) in [7, 11) is -0.845. The Morgan fingerprint density at radius 2 is 1.48 bits per heavy atom. The highest BCUT2D eigenvalue weighted by molar-refractivity contribution is 7.89. The number of hydrogen-bond acceptors (Lipinski definition) is 5. The fourth-order valence-corrected chi connectivity index (χ4v) is 3.94. The Morgan fingerprint density at radius 1 is 0.920 bits per heavy atom. The van der Waals surface area contributed by atoms with Gasteiger partial charge in [-0.05, 0) is 18.2 Å². The number of ether oxygens (including phenoxy) is 1. The molecule has 130 valence electrons. The molecule has 0 aromatic heterocycles. The van der Waals surface area contributed by atoms with E-state index < -0.39 is 10.0 Å². The number of hydrogen-bond donors (Lipinski definition) is 0. The minimum absolute atomic E-state index is 0.0228. The van der Waals surface area contributed by atoms with Gasteiger partial charge in [0.05, 0.1) is 11.5 Å². The van der Waals surface area contributed by atoms with Crippen molar-refractivity contribution in [3.8, 4) is 0 Å². The normalized spacial score (nSPS) is 13.7. The Balaban J connectivity index is 2.06. The zero-order valence-electron chi connectivity index (χ0n) is 13.9. The second kappa shape index (κ2) is 6.51. The summed E-state index contributed by atoms with van der Waals surface area (Å²) in [6.07, 6.45) is 0. The summed E-state index contributed by atoms with van der Waals surface area (Å²) in [6.45, 7) is 0.442. The second-order valence-corrected chi connectivity index (χ2v) is 7.78. The summed E-state index contributed by atoms with van der Waals surface area (Å²) >= 11 is 0. The SMILES string of the molecule is COCCN(C)S(=O)(=O)c1ccc2c(c1)C(=O)c1ccccc1C2=O. The van der Waals surface area contributed by atoms with Gasteiger partial charge in [0.25, 0.3) is 0 Å². The lowest BCUT2D eigenvalue weighted by Crippen LogP contribution is -2.30. The van der Waals surface area contributed by atoms with E-state index in [4.69, 9.17) is 4.74 Å². The van der Waals surface area contributed by atoms with Gasteiger partial charge in [0.1, 0.15) is 0 Å². The van der Waals surface area contributed by atoms with Crippen molar-refractivity contribution in [3.05, 3.63) is 64.7 Å². The molecule has 1 aliphatic rings.